The van der Waals surface area contributed by atoms with Crippen molar-refractivity contribution in [3.63, 3.8) is 0 Å². The van der Waals surface area contributed by atoms with Crippen molar-refractivity contribution >= 4 is 23.3 Å². The minimum absolute atomic E-state index is 0.0991. The Bertz CT molecular complexity index is 1080. The molecule has 1 atom stereocenters. The van der Waals surface area contributed by atoms with Crippen LogP contribution in [-0.2, 0) is 16.1 Å². The highest BCUT2D eigenvalue weighted by Gasteiger charge is 2.21. The standard InChI is InChI=1S/C20H19N5O6/c1-13(19(26)23-17-9-16(25(28)29)7-8-18(17)30-2)31-20(27)15-5-3-14(4-6-15)10-24-12-21-11-22-24/h3-9,11-13H,10H2,1-2H3,(H,23,26). The number of nitrogens with one attached hydrogen (secondary N) is 1. The van der Waals surface area contributed by atoms with Gasteiger partial charge in [0.15, 0.2) is 6.10 Å². The van der Waals surface area contributed by atoms with E-state index in [0.717, 1.165) is 5.56 Å². The Morgan fingerprint density at radius 3 is 2.58 bits per heavy atom. The lowest BCUT2D eigenvalue weighted by Gasteiger charge is -2.15. The van der Waals surface area contributed by atoms with Crippen molar-refractivity contribution in [2.45, 2.75) is 19.6 Å². The number of carbonyl (C=O) groups excluding carboxylic acids is 2. The van der Waals surface area contributed by atoms with Crippen molar-refractivity contribution < 1.29 is 24.0 Å². The molecule has 2 aromatic carbocycles. The molecular formula is C20H19N5O6. The van der Waals surface area contributed by atoms with Gasteiger partial charge in [-0.25, -0.2) is 14.5 Å². The fourth-order valence-electron chi connectivity index (χ4n) is 2.67. The van der Waals surface area contributed by atoms with Crippen molar-refractivity contribution in [1.29, 1.82) is 0 Å². The summed E-state index contributed by atoms with van der Waals surface area (Å²) in [5, 5.41) is 17.5. The van der Waals surface area contributed by atoms with E-state index in [1.807, 2.05) is 0 Å². The third-order valence-electron chi connectivity index (χ3n) is 4.31. The van der Waals surface area contributed by atoms with E-state index < -0.39 is 22.9 Å². The summed E-state index contributed by atoms with van der Waals surface area (Å²) in [7, 11) is 1.37. The highest BCUT2D eigenvalue weighted by atomic mass is 16.6. The van der Waals surface area contributed by atoms with Gasteiger partial charge in [0, 0.05) is 12.1 Å². The lowest BCUT2D eigenvalue weighted by Crippen LogP contribution is -2.30. The molecule has 0 saturated carbocycles. The molecule has 11 heteroatoms. The number of benzene rings is 2. The molecule has 0 fully saturated rings. The molecule has 11 nitrogen and oxygen atoms in total. The largest absolute Gasteiger partial charge is 0.495 e. The second-order valence-electron chi connectivity index (χ2n) is 6.47. The van der Waals surface area contributed by atoms with Crippen LogP contribution in [0.25, 0.3) is 0 Å². The second-order valence-corrected chi connectivity index (χ2v) is 6.47. The first-order valence-electron chi connectivity index (χ1n) is 9.13. The zero-order valence-corrected chi connectivity index (χ0v) is 16.7. The first kappa shape index (κ1) is 21.4. The van der Waals surface area contributed by atoms with Crippen LogP contribution in [-0.4, -0.2) is 44.8 Å². The number of nitro groups is 1. The van der Waals surface area contributed by atoms with Gasteiger partial charge >= 0.3 is 5.97 Å². The molecule has 0 aliphatic rings. The van der Waals surface area contributed by atoms with Gasteiger partial charge in [-0.2, -0.15) is 5.10 Å². The predicted octanol–water partition coefficient (Wildman–Crippen LogP) is 2.43. The summed E-state index contributed by atoms with van der Waals surface area (Å²) in [6, 6.07) is 10.5. The second kappa shape index (κ2) is 9.48. The van der Waals surface area contributed by atoms with Gasteiger partial charge in [0.1, 0.15) is 18.4 Å². The number of amides is 1. The van der Waals surface area contributed by atoms with Crippen LogP contribution in [0.2, 0.25) is 0 Å². The fraction of sp³-hybridized carbons (Fsp3) is 0.200. The topological polar surface area (TPSA) is 138 Å². The van der Waals surface area contributed by atoms with Gasteiger partial charge in [0.2, 0.25) is 0 Å². The van der Waals surface area contributed by atoms with Gasteiger partial charge in [-0.1, -0.05) is 12.1 Å². The van der Waals surface area contributed by atoms with Crippen molar-refractivity contribution in [3.05, 3.63) is 76.4 Å². The van der Waals surface area contributed by atoms with Crippen LogP contribution in [0, 0.1) is 10.1 Å². The van der Waals surface area contributed by atoms with E-state index in [2.05, 4.69) is 15.4 Å². The number of carbonyl (C=O) groups is 2. The number of ether oxygens (including phenoxy) is 2. The van der Waals surface area contributed by atoms with Crippen LogP contribution in [0.4, 0.5) is 11.4 Å². The molecule has 1 heterocycles. The van der Waals surface area contributed by atoms with Gasteiger partial charge in [-0.15, -0.1) is 0 Å². The van der Waals surface area contributed by atoms with Crippen LogP contribution in [0.1, 0.15) is 22.8 Å². The van der Waals surface area contributed by atoms with Crippen molar-refractivity contribution in [2.24, 2.45) is 0 Å². The van der Waals surface area contributed by atoms with Gasteiger partial charge in [0.05, 0.1) is 29.8 Å². The number of rotatable bonds is 8. The number of nitro benzene ring substituents is 1. The number of anilines is 1. The molecule has 1 N–H and O–H groups in total. The van der Waals surface area contributed by atoms with E-state index in [-0.39, 0.29) is 22.7 Å². The lowest BCUT2D eigenvalue weighted by molar-refractivity contribution is -0.384. The number of non-ortho nitro benzene ring substituents is 1. The zero-order valence-electron chi connectivity index (χ0n) is 16.7. The van der Waals surface area contributed by atoms with E-state index in [4.69, 9.17) is 9.47 Å². The molecule has 0 bridgehead atoms. The monoisotopic (exact) mass is 425 g/mol. The van der Waals surface area contributed by atoms with Gasteiger partial charge in [0.25, 0.3) is 11.6 Å². The maximum atomic E-state index is 12.4. The normalized spacial score (nSPS) is 11.4. The summed E-state index contributed by atoms with van der Waals surface area (Å²) in [5.41, 5.74) is 1.06. The fourth-order valence-corrected chi connectivity index (χ4v) is 2.67. The predicted molar refractivity (Wildman–Crippen MR) is 109 cm³/mol. The Hall–Kier alpha value is -4.28. The Morgan fingerprint density at radius 2 is 1.97 bits per heavy atom. The van der Waals surface area contributed by atoms with Crippen molar-refractivity contribution in [1.82, 2.24) is 14.8 Å². The van der Waals surface area contributed by atoms with Crippen LogP contribution < -0.4 is 10.1 Å². The Labute approximate surface area is 176 Å². The lowest BCUT2D eigenvalue weighted by atomic mass is 10.1. The van der Waals surface area contributed by atoms with Gasteiger partial charge < -0.3 is 14.8 Å². The summed E-state index contributed by atoms with van der Waals surface area (Å²) in [6.07, 6.45) is 1.87. The molecule has 3 rings (SSSR count). The number of methoxy groups -OCH3 is 1. The molecule has 1 amide bonds. The van der Waals surface area contributed by atoms with Crippen LogP contribution in [0.3, 0.4) is 0 Å². The van der Waals surface area contributed by atoms with Crippen molar-refractivity contribution in [2.75, 3.05) is 12.4 Å². The SMILES string of the molecule is COc1ccc([N+](=O)[O-])cc1NC(=O)C(C)OC(=O)c1ccc(Cn2cncn2)cc1. The summed E-state index contributed by atoms with van der Waals surface area (Å²) in [6.45, 7) is 1.90. The van der Waals surface area contributed by atoms with Crippen molar-refractivity contribution in [3.8, 4) is 5.75 Å². The number of nitrogens with zero attached hydrogens (tertiary/aromatic N) is 4. The maximum Gasteiger partial charge on any atom is 0.338 e. The highest BCUT2D eigenvalue weighted by Crippen LogP contribution is 2.29. The number of hydrogen-bond acceptors (Lipinski definition) is 8. The van der Waals surface area contributed by atoms with Gasteiger partial charge in [-0.05, 0) is 30.7 Å². The molecule has 3 aromatic rings. The first-order chi connectivity index (χ1) is 14.9. The average Bonchev–Trinajstić information content (AvgIpc) is 3.27. The zero-order chi connectivity index (χ0) is 22.4. The summed E-state index contributed by atoms with van der Waals surface area (Å²) < 4.78 is 12.0. The number of esters is 1. The van der Waals surface area contributed by atoms with Crippen LogP contribution in [0.5, 0.6) is 5.75 Å². The first-order valence-corrected chi connectivity index (χ1v) is 9.13. The smallest absolute Gasteiger partial charge is 0.338 e. The Balaban J connectivity index is 1.62. The number of hydrogen-bond donors (Lipinski definition) is 1. The highest BCUT2D eigenvalue weighted by molar-refractivity contribution is 5.98. The quantitative estimate of drug-likeness (QED) is 0.330. The van der Waals surface area contributed by atoms with E-state index in [1.54, 1.807) is 35.3 Å². The molecule has 1 unspecified atom stereocenters. The molecule has 0 radical (unpaired) electrons. The average molecular weight is 425 g/mol. The maximum absolute atomic E-state index is 12.4. The molecule has 160 valence electrons. The molecule has 31 heavy (non-hydrogen) atoms. The van der Waals surface area contributed by atoms with E-state index in [9.17, 15) is 19.7 Å². The molecule has 0 saturated heterocycles. The minimum Gasteiger partial charge on any atom is -0.495 e. The molecule has 1 aromatic heterocycles. The summed E-state index contributed by atoms with van der Waals surface area (Å²) in [4.78, 5) is 39.0. The summed E-state index contributed by atoms with van der Waals surface area (Å²) >= 11 is 0. The third-order valence-corrected chi connectivity index (χ3v) is 4.31. The molecule has 0 aliphatic heterocycles. The third kappa shape index (κ3) is 5.41. The van der Waals surface area contributed by atoms with Gasteiger partial charge in [-0.3, -0.25) is 14.9 Å². The van der Waals surface area contributed by atoms with E-state index >= 15 is 0 Å². The Kier molecular flexibility index (Phi) is 6.55. The molecule has 0 spiro atoms. The van der Waals surface area contributed by atoms with Crippen LogP contribution >= 0.6 is 0 Å². The minimum atomic E-state index is -1.15. The number of aromatic nitrogens is 3. The summed E-state index contributed by atoms with van der Waals surface area (Å²) in [5.74, 6) is -1.10. The van der Waals surface area contributed by atoms with Crippen LogP contribution in [0.15, 0.2) is 55.1 Å². The van der Waals surface area contributed by atoms with E-state index in [0.29, 0.717) is 6.54 Å². The van der Waals surface area contributed by atoms with E-state index in [1.165, 1.54) is 38.6 Å². The molecular weight excluding hydrogens is 406 g/mol. The Morgan fingerprint density at radius 1 is 1.23 bits per heavy atom. The molecule has 0 aliphatic carbocycles.